The highest BCUT2D eigenvalue weighted by atomic mass is 32.2. The van der Waals surface area contributed by atoms with E-state index in [4.69, 9.17) is 4.98 Å². The fourth-order valence-corrected chi connectivity index (χ4v) is 5.79. The molecule has 0 spiro atoms. The molecule has 25 heavy (non-hydrogen) atoms. The minimum atomic E-state index is -0.368. The van der Waals surface area contributed by atoms with E-state index < -0.39 is 0 Å². The Morgan fingerprint density at radius 2 is 2.12 bits per heavy atom. The Morgan fingerprint density at radius 1 is 1.40 bits per heavy atom. The van der Waals surface area contributed by atoms with E-state index in [1.54, 1.807) is 15.9 Å². The third kappa shape index (κ3) is 3.56. The summed E-state index contributed by atoms with van der Waals surface area (Å²) in [5, 5.41) is 1.49. The van der Waals surface area contributed by atoms with E-state index in [2.05, 4.69) is 6.92 Å². The number of ketones is 1. The number of hydrogen-bond donors (Lipinski definition) is 0. The Morgan fingerprint density at radius 3 is 2.76 bits per heavy atom. The Labute approximate surface area is 157 Å². The smallest absolute Gasteiger partial charge is 0.263 e. The predicted octanol–water partition coefficient (Wildman–Crippen LogP) is 4.31. The van der Waals surface area contributed by atoms with Crippen molar-refractivity contribution in [3.05, 3.63) is 20.8 Å². The van der Waals surface area contributed by atoms with Gasteiger partial charge in [-0.2, -0.15) is 0 Å². The Hall–Kier alpha value is -1.14. The summed E-state index contributed by atoms with van der Waals surface area (Å²) in [4.78, 5) is 32.3. The maximum Gasteiger partial charge on any atom is 0.263 e. The largest absolute Gasteiger partial charge is 0.298 e. The SMILES string of the molecule is CCn1c(SCC(=O)C(C)(C)C)nc2sc3c(c2c1=O)CCC(C)C3. The standard InChI is InChI=1S/C19H26N2O2S2/c1-6-21-17(23)15-12-8-7-11(2)9-13(12)25-16(15)20-18(21)24-10-14(22)19(3,4)5/h11H,6-10H2,1-5H3. The molecule has 0 N–H and O–H groups in total. The lowest BCUT2D eigenvalue weighted by Gasteiger charge is -2.18. The number of aryl methyl sites for hydroxylation is 1. The number of hydrogen-bond acceptors (Lipinski definition) is 5. The zero-order chi connectivity index (χ0) is 18.4. The number of Topliss-reactive ketones (excluding diaryl/α,β-unsaturated/α-hetero) is 1. The number of rotatable bonds is 4. The van der Waals surface area contributed by atoms with Crippen LogP contribution in [0.5, 0.6) is 0 Å². The lowest BCUT2D eigenvalue weighted by atomic mass is 9.89. The second-order valence-electron chi connectivity index (χ2n) is 7.94. The molecule has 0 aliphatic heterocycles. The van der Waals surface area contributed by atoms with Crippen LogP contribution < -0.4 is 5.56 Å². The highest BCUT2D eigenvalue weighted by molar-refractivity contribution is 7.99. The molecular weight excluding hydrogens is 352 g/mol. The molecule has 2 aromatic rings. The Bertz CT molecular complexity index is 874. The molecule has 1 aliphatic rings. The van der Waals surface area contributed by atoms with Crippen LogP contribution in [0.3, 0.4) is 0 Å². The summed E-state index contributed by atoms with van der Waals surface area (Å²) in [5.41, 5.74) is 0.914. The molecular formula is C19H26N2O2S2. The zero-order valence-corrected chi connectivity index (χ0v) is 17.3. The number of carbonyl (C=O) groups excluding carboxylic acids is 1. The molecule has 3 rings (SSSR count). The average Bonchev–Trinajstić information content (AvgIpc) is 2.89. The molecule has 0 amide bonds. The lowest BCUT2D eigenvalue weighted by Crippen LogP contribution is -2.25. The molecule has 1 atom stereocenters. The van der Waals surface area contributed by atoms with Crippen LogP contribution in [0.2, 0.25) is 0 Å². The van der Waals surface area contributed by atoms with E-state index in [0.717, 1.165) is 29.5 Å². The van der Waals surface area contributed by atoms with Gasteiger partial charge in [0.2, 0.25) is 0 Å². The van der Waals surface area contributed by atoms with E-state index in [1.807, 2.05) is 27.7 Å². The summed E-state index contributed by atoms with van der Waals surface area (Å²) in [7, 11) is 0. The van der Waals surface area contributed by atoms with Crippen molar-refractivity contribution in [2.75, 3.05) is 5.75 Å². The van der Waals surface area contributed by atoms with Crippen molar-refractivity contribution in [3.63, 3.8) is 0 Å². The summed E-state index contributed by atoms with van der Waals surface area (Å²) < 4.78 is 1.73. The normalized spacial score (nSPS) is 17.7. The van der Waals surface area contributed by atoms with E-state index in [1.165, 1.54) is 22.2 Å². The molecule has 6 heteroatoms. The first-order valence-electron chi connectivity index (χ1n) is 8.93. The van der Waals surface area contributed by atoms with Crippen molar-refractivity contribution in [2.45, 2.75) is 65.6 Å². The second kappa shape index (κ2) is 6.88. The number of thiophene rings is 1. The number of aromatic nitrogens is 2. The molecule has 0 saturated heterocycles. The van der Waals surface area contributed by atoms with Crippen molar-refractivity contribution in [1.82, 2.24) is 9.55 Å². The summed E-state index contributed by atoms with van der Waals surface area (Å²) in [5.74, 6) is 1.20. The summed E-state index contributed by atoms with van der Waals surface area (Å²) >= 11 is 3.06. The van der Waals surface area contributed by atoms with Crippen molar-refractivity contribution >= 4 is 39.1 Å². The van der Waals surface area contributed by atoms with Crippen LogP contribution in [0.1, 0.15) is 51.5 Å². The van der Waals surface area contributed by atoms with E-state index in [9.17, 15) is 9.59 Å². The van der Waals surface area contributed by atoms with Crippen LogP contribution in [0.4, 0.5) is 0 Å². The van der Waals surface area contributed by atoms with Crippen LogP contribution in [-0.2, 0) is 24.2 Å². The van der Waals surface area contributed by atoms with Crippen molar-refractivity contribution in [3.8, 4) is 0 Å². The van der Waals surface area contributed by atoms with E-state index in [-0.39, 0.29) is 16.8 Å². The first kappa shape index (κ1) is 18.6. The van der Waals surface area contributed by atoms with Gasteiger partial charge < -0.3 is 0 Å². The van der Waals surface area contributed by atoms with Gasteiger partial charge in [0.05, 0.1) is 11.1 Å². The van der Waals surface area contributed by atoms with Gasteiger partial charge in [0.15, 0.2) is 5.16 Å². The quantitative estimate of drug-likeness (QED) is 0.588. The average molecular weight is 379 g/mol. The van der Waals surface area contributed by atoms with Crippen LogP contribution in [-0.4, -0.2) is 21.1 Å². The van der Waals surface area contributed by atoms with Crippen LogP contribution in [0.25, 0.3) is 10.2 Å². The predicted molar refractivity (Wildman–Crippen MR) is 106 cm³/mol. The molecule has 136 valence electrons. The summed E-state index contributed by atoms with van der Waals surface area (Å²) in [6.07, 6.45) is 3.17. The minimum absolute atomic E-state index is 0.0604. The molecule has 0 aromatic carbocycles. The Kier molecular flexibility index (Phi) is 5.13. The maximum atomic E-state index is 13.1. The molecule has 0 radical (unpaired) electrons. The monoisotopic (exact) mass is 378 g/mol. The van der Waals surface area contributed by atoms with Gasteiger partial charge in [-0.3, -0.25) is 14.2 Å². The third-order valence-corrected chi connectivity index (χ3v) is 6.99. The lowest BCUT2D eigenvalue weighted by molar-refractivity contribution is -0.123. The number of nitrogens with zero attached hydrogens (tertiary/aromatic N) is 2. The molecule has 4 nitrogen and oxygen atoms in total. The van der Waals surface area contributed by atoms with Gasteiger partial charge in [-0.25, -0.2) is 4.98 Å². The first-order valence-corrected chi connectivity index (χ1v) is 10.7. The molecule has 0 saturated carbocycles. The van der Waals surface area contributed by atoms with Crippen molar-refractivity contribution < 1.29 is 4.79 Å². The van der Waals surface area contributed by atoms with E-state index >= 15 is 0 Å². The van der Waals surface area contributed by atoms with Gasteiger partial charge in [-0.15, -0.1) is 11.3 Å². The summed E-state index contributed by atoms with van der Waals surface area (Å²) in [6.45, 7) is 10.6. The van der Waals surface area contributed by atoms with Crippen LogP contribution >= 0.6 is 23.1 Å². The Balaban J connectivity index is 2.03. The molecule has 1 unspecified atom stereocenters. The third-order valence-electron chi connectivity index (χ3n) is 4.87. The fourth-order valence-electron chi connectivity index (χ4n) is 3.14. The number of thioether (sulfide) groups is 1. The number of fused-ring (bicyclic) bond motifs is 3. The van der Waals surface area contributed by atoms with Gasteiger partial charge >= 0.3 is 0 Å². The second-order valence-corrected chi connectivity index (χ2v) is 9.96. The zero-order valence-electron chi connectivity index (χ0n) is 15.6. The molecule has 1 aliphatic carbocycles. The van der Waals surface area contributed by atoms with Crippen molar-refractivity contribution in [1.29, 1.82) is 0 Å². The van der Waals surface area contributed by atoms with Gasteiger partial charge in [0, 0.05) is 16.8 Å². The highest BCUT2D eigenvalue weighted by Crippen LogP contribution is 2.36. The van der Waals surface area contributed by atoms with Crippen molar-refractivity contribution in [2.24, 2.45) is 11.3 Å². The molecule has 2 aromatic heterocycles. The van der Waals surface area contributed by atoms with Gasteiger partial charge in [0.25, 0.3) is 5.56 Å². The van der Waals surface area contributed by atoms with Gasteiger partial charge in [-0.1, -0.05) is 39.5 Å². The van der Waals surface area contributed by atoms with Crippen LogP contribution in [0, 0.1) is 11.3 Å². The topological polar surface area (TPSA) is 52.0 Å². The summed E-state index contributed by atoms with van der Waals surface area (Å²) in [6, 6.07) is 0. The minimum Gasteiger partial charge on any atom is -0.298 e. The van der Waals surface area contributed by atoms with Gasteiger partial charge in [-0.05, 0) is 37.7 Å². The number of carbonyl (C=O) groups is 1. The molecule has 0 bridgehead atoms. The van der Waals surface area contributed by atoms with Gasteiger partial charge in [0.1, 0.15) is 10.6 Å². The molecule has 2 heterocycles. The van der Waals surface area contributed by atoms with Crippen LogP contribution in [0.15, 0.2) is 9.95 Å². The molecule has 0 fully saturated rings. The van der Waals surface area contributed by atoms with E-state index in [0.29, 0.717) is 23.4 Å². The highest BCUT2D eigenvalue weighted by Gasteiger charge is 2.26. The maximum absolute atomic E-state index is 13.1. The first-order chi connectivity index (χ1) is 11.7. The fraction of sp³-hybridized carbons (Fsp3) is 0.632.